The molecule has 0 aliphatic rings. The average Bonchev–Trinajstić information content (AvgIpc) is 2.81. The highest BCUT2D eigenvalue weighted by molar-refractivity contribution is 7.89. The van der Waals surface area contributed by atoms with Gasteiger partial charge in [0.15, 0.2) is 23.0 Å². The highest BCUT2D eigenvalue weighted by Crippen LogP contribution is 2.34. The summed E-state index contributed by atoms with van der Waals surface area (Å²) >= 11 is 0. The molecule has 0 bridgehead atoms. The zero-order valence-electron chi connectivity index (χ0n) is 18.7. The number of nitrogens with one attached hydrogen (secondary N) is 2. The molecule has 0 spiro atoms. The Morgan fingerprint density at radius 2 is 1.34 bits per heavy atom. The molecule has 0 atom stereocenters. The lowest BCUT2D eigenvalue weighted by molar-refractivity contribution is -0.121. The van der Waals surface area contributed by atoms with Crippen LogP contribution >= 0.6 is 0 Å². The topological polar surface area (TPSA) is 121 Å². The van der Waals surface area contributed by atoms with E-state index in [0.29, 0.717) is 28.6 Å². The van der Waals surface area contributed by atoms with Crippen molar-refractivity contribution in [2.24, 2.45) is 0 Å². The molecule has 11 heteroatoms. The summed E-state index contributed by atoms with van der Waals surface area (Å²) < 4.78 is 53.5. The minimum Gasteiger partial charge on any atom is -0.496 e. The first kappa shape index (κ1) is 25.1. The first-order valence-electron chi connectivity index (χ1n) is 9.56. The van der Waals surface area contributed by atoms with Gasteiger partial charge in [0.05, 0.1) is 40.4 Å². The number of rotatable bonds is 12. The van der Waals surface area contributed by atoms with Crippen LogP contribution in [0.5, 0.6) is 28.7 Å². The molecule has 0 saturated carbocycles. The number of methoxy groups -OCH3 is 5. The number of benzene rings is 2. The van der Waals surface area contributed by atoms with Crippen LogP contribution in [0.4, 0.5) is 0 Å². The molecule has 0 radical (unpaired) electrons. The van der Waals surface area contributed by atoms with Gasteiger partial charge in [-0.1, -0.05) is 0 Å². The SMILES string of the molecule is COc1cc(OC)c(OC)cc1CNC(=O)CCNS(=O)(=O)c1ccc(OC)c(OC)c1. The smallest absolute Gasteiger partial charge is 0.240 e. The van der Waals surface area contributed by atoms with Crippen molar-refractivity contribution in [2.75, 3.05) is 42.1 Å². The van der Waals surface area contributed by atoms with E-state index in [2.05, 4.69) is 10.0 Å². The van der Waals surface area contributed by atoms with Crippen LogP contribution in [-0.2, 0) is 21.4 Å². The Morgan fingerprint density at radius 1 is 0.781 bits per heavy atom. The van der Waals surface area contributed by atoms with Crippen molar-refractivity contribution in [1.29, 1.82) is 0 Å². The van der Waals surface area contributed by atoms with Crippen molar-refractivity contribution in [1.82, 2.24) is 10.0 Å². The van der Waals surface area contributed by atoms with Gasteiger partial charge in [-0.05, 0) is 18.2 Å². The van der Waals surface area contributed by atoms with Crippen molar-refractivity contribution in [3.05, 3.63) is 35.9 Å². The molecule has 0 unspecified atom stereocenters. The predicted octanol–water partition coefficient (Wildman–Crippen LogP) is 1.71. The minimum absolute atomic E-state index is 0.00521. The molecule has 0 saturated heterocycles. The molecule has 0 aliphatic carbocycles. The highest BCUT2D eigenvalue weighted by atomic mass is 32.2. The second kappa shape index (κ2) is 11.4. The maximum Gasteiger partial charge on any atom is 0.240 e. The first-order valence-corrected chi connectivity index (χ1v) is 11.0. The van der Waals surface area contributed by atoms with Crippen LogP contribution in [0, 0.1) is 0 Å². The summed E-state index contributed by atoms with van der Waals surface area (Å²) in [6.07, 6.45) is -0.0534. The van der Waals surface area contributed by atoms with Crippen LogP contribution in [-0.4, -0.2) is 56.4 Å². The van der Waals surface area contributed by atoms with Crippen LogP contribution in [0.2, 0.25) is 0 Å². The zero-order chi connectivity index (χ0) is 23.7. The largest absolute Gasteiger partial charge is 0.496 e. The van der Waals surface area contributed by atoms with Crippen molar-refractivity contribution in [2.45, 2.75) is 17.9 Å². The summed E-state index contributed by atoms with van der Waals surface area (Å²) in [4.78, 5) is 12.2. The van der Waals surface area contributed by atoms with Crippen LogP contribution in [0.25, 0.3) is 0 Å². The molecule has 2 aromatic rings. The van der Waals surface area contributed by atoms with Crippen LogP contribution in [0.1, 0.15) is 12.0 Å². The van der Waals surface area contributed by atoms with E-state index in [9.17, 15) is 13.2 Å². The fraction of sp³-hybridized carbons (Fsp3) is 0.381. The van der Waals surface area contributed by atoms with Gasteiger partial charge in [-0.15, -0.1) is 0 Å². The lowest BCUT2D eigenvalue weighted by Gasteiger charge is -2.14. The Morgan fingerprint density at radius 3 is 1.94 bits per heavy atom. The third-order valence-electron chi connectivity index (χ3n) is 4.57. The van der Waals surface area contributed by atoms with Gasteiger partial charge < -0.3 is 29.0 Å². The van der Waals surface area contributed by atoms with E-state index in [0.717, 1.165) is 0 Å². The average molecular weight is 469 g/mol. The van der Waals surface area contributed by atoms with Gasteiger partial charge in [0, 0.05) is 37.2 Å². The zero-order valence-corrected chi connectivity index (χ0v) is 19.5. The number of carbonyl (C=O) groups excluding carboxylic acids is 1. The van der Waals surface area contributed by atoms with Crippen LogP contribution in [0.15, 0.2) is 35.2 Å². The Bertz CT molecular complexity index is 1040. The molecule has 0 fully saturated rings. The normalized spacial score (nSPS) is 10.9. The van der Waals surface area contributed by atoms with E-state index in [1.54, 1.807) is 12.1 Å². The summed E-state index contributed by atoms with van der Waals surface area (Å²) in [5.41, 5.74) is 0.685. The van der Waals surface area contributed by atoms with Gasteiger partial charge in [-0.2, -0.15) is 0 Å². The monoisotopic (exact) mass is 468 g/mol. The molecular weight excluding hydrogens is 440 g/mol. The quantitative estimate of drug-likeness (QED) is 0.483. The molecule has 2 rings (SSSR count). The number of ether oxygens (including phenoxy) is 5. The maximum atomic E-state index is 12.5. The number of carbonyl (C=O) groups is 1. The van der Waals surface area contributed by atoms with E-state index in [1.807, 2.05) is 0 Å². The number of hydrogen-bond acceptors (Lipinski definition) is 8. The second-order valence-corrected chi connectivity index (χ2v) is 8.23. The van der Waals surface area contributed by atoms with E-state index in [4.69, 9.17) is 23.7 Å². The molecule has 0 heterocycles. The molecule has 32 heavy (non-hydrogen) atoms. The van der Waals surface area contributed by atoms with Crippen molar-refractivity contribution in [3.8, 4) is 28.7 Å². The van der Waals surface area contributed by atoms with Gasteiger partial charge in [0.1, 0.15) is 5.75 Å². The van der Waals surface area contributed by atoms with Crippen molar-refractivity contribution >= 4 is 15.9 Å². The second-order valence-electron chi connectivity index (χ2n) is 6.46. The molecule has 0 aromatic heterocycles. The van der Waals surface area contributed by atoms with E-state index in [1.165, 1.54) is 53.7 Å². The van der Waals surface area contributed by atoms with Crippen LogP contribution < -0.4 is 33.7 Å². The summed E-state index contributed by atoms with van der Waals surface area (Å²) in [6.45, 7) is 0.0936. The van der Waals surface area contributed by atoms with Gasteiger partial charge in [-0.3, -0.25) is 4.79 Å². The van der Waals surface area contributed by atoms with Crippen molar-refractivity contribution < 1.29 is 36.9 Å². The number of hydrogen-bond donors (Lipinski definition) is 2. The predicted molar refractivity (Wildman–Crippen MR) is 117 cm³/mol. The Hall–Kier alpha value is -3.18. The van der Waals surface area contributed by atoms with E-state index >= 15 is 0 Å². The maximum absolute atomic E-state index is 12.5. The van der Waals surface area contributed by atoms with Crippen molar-refractivity contribution in [3.63, 3.8) is 0 Å². The summed E-state index contributed by atoms with van der Waals surface area (Å²) in [6, 6.07) is 7.61. The lowest BCUT2D eigenvalue weighted by Crippen LogP contribution is -2.30. The Kier molecular flexibility index (Phi) is 8.97. The minimum atomic E-state index is -3.82. The Labute approximate surface area is 187 Å². The standard InChI is InChI=1S/C21H28N2O8S/c1-27-16-7-6-15(11-19(16)30-4)32(25,26)23-9-8-21(24)22-13-14-10-18(29-3)20(31-5)12-17(14)28-2/h6-7,10-12,23H,8-9,13H2,1-5H3,(H,22,24). The fourth-order valence-corrected chi connectivity index (χ4v) is 3.93. The molecule has 2 aromatic carbocycles. The third kappa shape index (κ3) is 6.17. The fourth-order valence-electron chi connectivity index (χ4n) is 2.88. The van der Waals surface area contributed by atoms with E-state index < -0.39 is 10.0 Å². The van der Waals surface area contributed by atoms with Gasteiger partial charge >= 0.3 is 0 Å². The highest BCUT2D eigenvalue weighted by Gasteiger charge is 2.18. The third-order valence-corrected chi connectivity index (χ3v) is 6.03. The lowest BCUT2D eigenvalue weighted by atomic mass is 10.1. The summed E-state index contributed by atoms with van der Waals surface area (Å²) in [5, 5.41) is 2.74. The summed E-state index contributed by atoms with van der Waals surface area (Å²) in [5.74, 6) is 1.89. The molecule has 10 nitrogen and oxygen atoms in total. The number of amides is 1. The molecule has 2 N–H and O–H groups in total. The van der Waals surface area contributed by atoms with Gasteiger partial charge in [0.2, 0.25) is 15.9 Å². The Balaban J connectivity index is 1.95. The van der Waals surface area contributed by atoms with Gasteiger partial charge in [-0.25, -0.2) is 13.1 Å². The molecular formula is C21H28N2O8S. The van der Waals surface area contributed by atoms with Crippen LogP contribution in [0.3, 0.4) is 0 Å². The molecule has 0 aliphatic heterocycles. The number of sulfonamides is 1. The summed E-state index contributed by atoms with van der Waals surface area (Å²) in [7, 11) is 3.59. The van der Waals surface area contributed by atoms with Gasteiger partial charge in [0.25, 0.3) is 0 Å². The first-order chi connectivity index (χ1) is 15.3. The molecule has 1 amide bonds. The van der Waals surface area contributed by atoms with E-state index in [-0.39, 0.29) is 36.1 Å². The molecule has 176 valence electrons.